The van der Waals surface area contributed by atoms with E-state index in [1.807, 2.05) is 38.3 Å². The van der Waals surface area contributed by atoms with Crippen LogP contribution in [0.2, 0.25) is 0 Å². The predicted octanol–water partition coefficient (Wildman–Crippen LogP) is 2.35. The number of amidine groups is 1. The normalized spacial score (nSPS) is 17.9. The lowest BCUT2D eigenvalue weighted by Crippen LogP contribution is -2.27. The summed E-state index contributed by atoms with van der Waals surface area (Å²) in [4.78, 5) is 8.78. The first-order chi connectivity index (χ1) is 14.6. The average Bonchev–Trinajstić information content (AvgIpc) is 2.70. The molecule has 31 heavy (non-hydrogen) atoms. The van der Waals surface area contributed by atoms with Crippen molar-refractivity contribution < 1.29 is 5.11 Å². The predicted molar refractivity (Wildman–Crippen MR) is 128 cm³/mol. The fourth-order valence-electron chi connectivity index (χ4n) is 2.76. The second kappa shape index (κ2) is 10.6. The minimum absolute atomic E-state index is 0.190. The van der Waals surface area contributed by atoms with Crippen molar-refractivity contribution in [1.82, 2.24) is 10.6 Å². The molecular formula is C23H33N7O. The van der Waals surface area contributed by atoms with Gasteiger partial charge in [0.1, 0.15) is 11.7 Å². The fourth-order valence-corrected chi connectivity index (χ4v) is 2.76. The van der Waals surface area contributed by atoms with Crippen LogP contribution in [0.25, 0.3) is 0 Å². The van der Waals surface area contributed by atoms with E-state index in [1.165, 1.54) is 12.4 Å². The Morgan fingerprint density at radius 2 is 2.03 bits per heavy atom. The highest BCUT2D eigenvalue weighted by molar-refractivity contribution is 5.97. The van der Waals surface area contributed by atoms with Crippen LogP contribution in [-0.2, 0) is 0 Å². The molecule has 0 saturated heterocycles. The van der Waals surface area contributed by atoms with Crippen LogP contribution in [0.4, 0.5) is 0 Å². The van der Waals surface area contributed by atoms with Gasteiger partial charge in [-0.2, -0.15) is 0 Å². The largest absolute Gasteiger partial charge is 0.404 e. The molecule has 2 heterocycles. The molecule has 0 spiro atoms. The summed E-state index contributed by atoms with van der Waals surface area (Å²) in [6.07, 6.45) is 14.3. The first-order valence-corrected chi connectivity index (χ1v) is 10.2. The highest BCUT2D eigenvalue weighted by atomic mass is 16.3. The zero-order valence-corrected chi connectivity index (χ0v) is 18.6. The third-order valence-corrected chi connectivity index (χ3v) is 4.64. The number of aliphatic imine (C=N–C) groups is 2. The van der Waals surface area contributed by atoms with E-state index < -0.39 is 5.60 Å². The topological polar surface area (TPSA) is 145 Å². The van der Waals surface area contributed by atoms with Gasteiger partial charge in [-0.1, -0.05) is 13.8 Å². The fraction of sp³-hybridized carbons (Fsp3) is 0.348. The number of nitrogens with one attached hydrogen (secondary N) is 3. The van der Waals surface area contributed by atoms with Crippen LogP contribution in [0, 0.1) is 11.3 Å². The summed E-state index contributed by atoms with van der Waals surface area (Å²) >= 11 is 0. The molecule has 0 atom stereocenters. The summed E-state index contributed by atoms with van der Waals surface area (Å²) in [6, 6.07) is 0. The van der Waals surface area contributed by atoms with Crippen LogP contribution in [0.15, 0.2) is 80.6 Å². The molecule has 2 aliphatic rings. The molecule has 8 N–H and O–H groups in total. The molecule has 2 aliphatic heterocycles. The van der Waals surface area contributed by atoms with Gasteiger partial charge in [-0.3, -0.25) is 4.99 Å². The minimum Gasteiger partial charge on any atom is -0.404 e. The Balaban J connectivity index is 2.13. The Morgan fingerprint density at radius 1 is 1.29 bits per heavy atom. The maximum atomic E-state index is 9.80. The number of fused-ring (bicyclic) bond motifs is 1. The van der Waals surface area contributed by atoms with E-state index in [-0.39, 0.29) is 5.92 Å². The van der Waals surface area contributed by atoms with Crippen molar-refractivity contribution in [2.45, 2.75) is 39.7 Å². The Morgan fingerprint density at radius 3 is 2.65 bits per heavy atom. The zero-order valence-electron chi connectivity index (χ0n) is 18.6. The SMILES string of the molecule is CC(C)C(C=N)=CC(N)=NC1=CC=C2NC=C(C(C=NCCC(C)(C)O)=CN)C=C2N1. The van der Waals surface area contributed by atoms with Crippen molar-refractivity contribution in [3.8, 4) is 0 Å². The molecule has 8 heteroatoms. The van der Waals surface area contributed by atoms with Gasteiger partial charge in [-0.05, 0) is 56.1 Å². The Hall–Kier alpha value is -3.39. The standard InChI is InChI=1S/C23H33N7O/c1-15(2)16(11-24)10-21(26)30-22-6-5-19-20(29-22)9-17(14-28-19)18(12-25)13-27-8-7-23(3,4)31/h5-6,9-15,24,28-29,31H,7-8,25H2,1-4H3,(H2,26,30). The van der Waals surface area contributed by atoms with Gasteiger partial charge in [0.25, 0.3) is 0 Å². The highest BCUT2D eigenvalue weighted by Crippen LogP contribution is 2.22. The van der Waals surface area contributed by atoms with E-state index in [2.05, 4.69) is 20.6 Å². The molecule has 0 unspecified atom stereocenters. The Labute approximate surface area is 184 Å². The number of nitrogens with two attached hydrogens (primary N) is 2. The van der Waals surface area contributed by atoms with E-state index >= 15 is 0 Å². The monoisotopic (exact) mass is 423 g/mol. The lowest BCUT2D eigenvalue weighted by molar-refractivity contribution is 0.0739. The summed E-state index contributed by atoms with van der Waals surface area (Å²) in [6.45, 7) is 8.02. The van der Waals surface area contributed by atoms with Crippen molar-refractivity contribution in [1.29, 1.82) is 5.41 Å². The molecule has 0 bridgehead atoms. The first kappa shape index (κ1) is 23.9. The maximum absolute atomic E-state index is 9.80. The summed E-state index contributed by atoms with van der Waals surface area (Å²) in [5, 5.41) is 23.8. The number of rotatable bonds is 9. The smallest absolute Gasteiger partial charge is 0.132 e. The Kier molecular flexibility index (Phi) is 8.15. The second-order valence-electron chi connectivity index (χ2n) is 8.26. The van der Waals surface area contributed by atoms with E-state index in [4.69, 9.17) is 16.9 Å². The summed E-state index contributed by atoms with van der Waals surface area (Å²) in [5.41, 5.74) is 15.2. The van der Waals surface area contributed by atoms with E-state index in [0.29, 0.717) is 24.6 Å². The number of hydrogen-bond acceptors (Lipinski definition) is 7. The molecule has 0 fully saturated rings. The molecular weight excluding hydrogens is 390 g/mol. The van der Waals surface area contributed by atoms with Crippen LogP contribution >= 0.6 is 0 Å². The number of nitrogens with zero attached hydrogens (tertiary/aromatic N) is 2. The Bertz CT molecular complexity index is 935. The number of allylic oxidation sites excluding steroid dienone is 6. The molecule has 0 radical (unpaired) electrons. The van der Waals surface area contributed by atoms with Crippen molar-refractivity contribution in [3.05, 3.63) is 70.6 Å². The molecule has 0 saturated carbocycles. The molecule has 0 aromatic rings. The maximum Gasteiger partial charge on any atom is 0.132 e. The van der Waals surface area contributed by atoms with Crippen molar-refractivity contribution in [2.75, 3.05) is 6.54 Å². The average molecular weight is 424 g/mol. The third-order valence-electron chi connectivity index (χ3n) is 4.64. The zero-order chi connectivity index (χ0) is 23.0. The van der Waals surface area contributed by atoms with Crippen LogP contribution in [0.3, 0.4) is 0 Å². The number of aliphatic hydroxyl groups is 1. The first-order valence-electron chi connectivity index (χ1n) is 10.2. The minimum atomic E-state index is -0.752. The lowest BCUT2D eigenvalue weighted by Gasteiger charge is -2.23. The van der Waals surface area contributed by atoms with Gasteiger partial charge < -0.3 is 32.6 Å². The summed E-state index contributed by atoms with van der Waals surface area (Å²) < 4.78 is 0. The van der Waals surface area contributed by atoms with Crippen LogP contribution in [0.5, 0.6) is 0 Å². The van der Waals surface area contributed by atoms with Gasteiger partial charge in [0, 0.05) is 42.5 Å². The number of hydrogen-bond donors (Lipinski definition) is 6. The lowest BCUT2D eigenvalue weighted by atomic mass is 10.0. The molecule has 0 aromatic heterocycles. The van der Waals surface area contributed by atoms with Crippen molar-refractivity contribution in [3.63, 3.8) is 0 Å². The molecule has 0 aromatic carbocycles. The molecule has 0 aliphatic carbocycles. The second-order valence-corrected chi connectivity index (χ2v) is 8.26. The summed E-state index contributed by atoms with van der Waals surface area (Å²) in [5.74, 6) is 1.11. The van der Waals surface area contributed by atoms with Crippen LogP contribution in [-0.4, -0.2) is 35.5 Å². The van der Waals surface area contributed by atoms with Crippen molar-refractivity contribution >= 4 is 18.3 Å². The van der Waals surface area contributed by atoms with Crippen molar-refractivity contribution in [2.24, 2.45) is 27.4 Å². The third kappa shape index (κ3) is 7.42. The van der Waals surface area contributed by atoms with Gasteiger partial charge in [0.15, 0.2) is 0 Å². The summed E-state index contributed by atoms with van der Waals surface area (Å²) in [7, 11) is 0. The van der Waals surface area contributed by atoms with Gasteiger partial charge in [-0.25, -0.2) is 4.99 Å². The van der Waals surface area contributed by atoms with Gasteiger partial charge >= 0.3 is 0 Å². The van der Waals surface area contributed by atoms with E-state index in [1.54, 1.807) is 26.1 Å². The van der Waals surface area contributed by atoms with Crippen LogP contribution in [0.1, 0.15) is 34.1 Å². The molecule has 2 rings (SSSR count). The van der Waals surface area contributed by atoms with Crippen LogP contribution < -0.4 is 22.1 Å². The van der Waals surface area contributed by atoms with Gasteiger partial charge in [0.05, 0.1) is 17.0 Å². The molecule has 8 nitrogen and oxygen atoms in total. The quantitative estimate of drug-likeness (QED) is 0.249. The van der Waals surface area contributed by atoms with Gasteiger partial charge in [0.2, 0.25) is 0 Å². The van der Waals surface area contributed by atoms with E-state index in [0.717, 1.165) is 28.1 Å². The van der Waals surface area contributed by atoms with E-state index in [9.17, 15) is 5.11 Å². The van der Waals surface area contributed by atoms with Gasteiger partial charge in [-0.15, -0.1) is 0 Å². The molecule has 0 amide bonds. The highest BCUT2D eigenvalue weighted by Gasteiger charge is 2.17. The number of dihydropyridines is 2. The molecule has 166 valence electrons.